The van der Waals surface area contributed by atoms with Crippen LogP contribution in [0.15, 0.2) is 48.5 Å². The number of carbonyl (C=O) groups is 3. The van der Waals surface area contributed by atoms with E-state index in [-0.39, 0.29) is 43.2 Å². The Balaban J connectivity index is 1.38. The molecule has 2 aromatic carbocycles. The van der Waals surface area contributed by atoms with Gasteiger partial charge in [0.15, 0.2) is 0 Å². The number of rotatable bonds is 9. The molecule has 2 amide bonds. The fraction of sp³-hybridized carbons (Fsp3) is 0.444. The van der Waals surface area contributed by atoms with Crippen molar-refractivity contribution in [2.75, 3.05) is 6.61 Å². The minimum Gasteiger partial charge on any atom is -0.481 e. The minimum absolute atomic E-state index is 0.0248. The summed E-state index contributed by atoms with van der Waals surface area (Å²) < 4.78 is 5.69. The molecule has 0 radical (unpaired) electrons. The molecule has 34 heavy (non-hydrogen) atoms. The maximum Gasteiger partial charge on any atom is 0.407 e. The summed E-state index contributed by atoms with van der Waals surface area (Å²) in [5, 5.41) is 14.6. The highest BCUT2D eigenvalue weighted by molar-refractivity contribution is 5.80. The van der Waals surface area contributed by atoms with Gasteiger partial charge in [0, 0.05) is 24.4 Å². The number of hydrogen-bond acceptors (Lipinski definition) is 4. The summed E-state index contributed by atoms with van der Waals surface area (Å²) in [5.41, 5.74) is 4.64. The Labute approximate surface area is 199 Å². The summed E-state index contributed by atoms with van der Waals surface area (Å²) in [5.74, 6) is -1.04. The Kier molecular flexibility index (Phi) is 7.50. The summed E-state index contributed by atoms with van der Waals surface area (Å²) in [6.45, 7) is 1.88. The van der Waals surface area contributed by atoms with Gasteiger partial charge in [-0.15, -0.1) is 0 Å². The smallest absolute Gasteiger partial charge is 0.407 e. The highest BCUT2D eigenvalue weighted by atomic mass is 16.5. The maximum absolute atomic E-state index is 12.8. The standard InChI is InChI=1S/C27H32N2O5/c1-17(14-26(31)32)28-25(30)15-24(18-8-2-3-9-18)29-27(33)34-16-23-21-12-6-4-10-19(21)20-11-5-7-13-22(20)23/h4-7,10-13,17-18,23-24H,2-3,8-9,14-16H2,1H3,(H,28,30)(H,29,33)(H,31,32)/t17-,24?/m1/s1. The predicted octanol–water partition coefficient (Wildman–Crippen LogP) is 4.45. The average Bonchev–Trinajstić information content (AvgIpc) is 3.43. The number of hydrogen-bond donors (Lipinski definition) is 3. The van der Waals surface area contributed by atoms with E-state index in [4.69, 9.17) is 9.84 Å². The number of carboxylic acids is 1. The molecule has 1 saturated carbocycles. The first-order valence-corrected chi connectivity index (χ1v) is 12.0. The van der Waals surface area contributed by atoms with E-state index in [0.29, 0.717) is 0 Å². The Morgan fingerprint density at radius 2 is 1.53 bits per heavy atom. The van der Waals surface area contributed by atoms with Gasteiger partial charge in [-0.3, -0.25) is 9.59 Å². The predicted molar refractivity (Wildman–Crippen MR) is 128 cm³/mol. The third kappa shape index (κ3) is 5.58. The minimum atomic E-state index is -0.961. The van der Waals surface area contributed by atoms with Crippen molar-refractivity contribution in [1.82, 2.24) is 10.6 Å². The first-order valence-electron chi connectivity index (χ1n) is 12.0. The maximum atomic E-state index is 12.8. The molecule has 2 aliphatic rings. The lowest BCUT2D eigenvalue weighted by molar-refractivity contribution is -0.137. The van der Waals surface area contributed by atoms with Crippen LogP contribution in [0.2, 0.25) is 0 Å². The summed E-state index contributed by atoms with van der Waals surface area (Å²) >= 11 is 0. The van der Waals surface area contributed by atoms with Crippen LogP contribution in [0.4, 0.5) is 4.79 Å². The molecular formula is C27H32N2O5. The van der Waals surface area contributed by atoms with E-state index in [9.17, 15) is 14.4 Å². The number of ether oxygens (including phenoxy) is 1. The van der Waals surface area contributed by atoms with Crippen molar-refractivity contribution < 1.29 is 24.2 Å². The van der Waals surface area contributed by atoms with Crippen LogP contribution < -0.4 is 10.6 Å². The van der Waals surface area contributed by atoms with Crippen molar-refractivity contribution in [3.8, 4) is 11.1 Å². The van der Waals surface area contributed by atoms with E-state index in [1.165, 1.54) is 11.1 Å². The van der Waals surface area contributed by atoms with Gasteiger partial charge in [0.2, 0.25) is 5.91 Å². The highest BCUT2D eigenvalue weighted by Gasteiger charge is 2.31. The van der Waals surface area contributed by atoms with Crippen LogP contribution in [-0.2, 0) is 14.3 Å². The van der Waals surface area contributed by atoms with Gasteiger partial charge in [0.05, 0.1) is 6.42 Å². The molecule has 0 heterocycles. The molecule has 180 valence electrons. The van der Waals surface area contributed by atoms with Gasteiger partial charge in [-0.1, -0.05) is 61.4 Å². The van der Waals surface area contributed by atoms with Crippen LogP contribution in [0, 0.1) is 5.92 Å². The molecule has 1 fully saturated rings. The average molecular weight is 465 g/mol. The molecular weight excluding hydrogens is 432 g/mol. The molecule has 4 rings (SSSR count). The van der Waals surface area contributed by atoms with Gasteiger partial charge in [-0.05, 0) is 47.9 Å². The second kappa shape index (κ2) is 10.7. The van der Waals surface area contributed by atoms with Gasteiger partial charge in [-0.2, -0.15) is 0 Å². The molecule has 0 spiro atoms. The lowest BCUT2D eigenvalue weighted by Gasteiger charge is -2.25. The second-order valence-electron chi connectivity index (χ2n) is 9.39. The quantitative estimate of drug-likeness (QED) is 0.508. The topological polar surface area (TPSA) is 105 Å². The molecule has 0 aromatic heterocycles. The van der Waals surface area contributed by atoms with Gasteiger partial charge >= 0.3 is 12.1 Å². The van der Waals surface area contributed by atoms with E-state index in [1.807, 2.05) is 24.3 Å². The summed E-state index contributed by atoms with van der Waals surface area (Å²) in [6, 6.07) is 15.5. The van der Waals surface area contributed by atoms with Crippen LogP contribution in [0.3, 0.4) is 0 Å². The number of fused-ring (bicyclic) bond motifs is 3. The number of carboxylic acid groups (broad SMARTS) is 1. The Morgan fingerprint density at radius 1 is 0.941 bits per heavy atom. The lowest BCUT2D eigenvalue weighted by Crippen LogP contribution is -2.45. The van der Waals surface area contributed by atoms with E-state index >= 15 is 0 Å². The summed E-state index contributed by atoms with van der Waals surface area (Å²) in [7, 11) is 0. The van der Waals surface area contributed by atoms with Crippen LogP contribution in [-0.4, -0.2) is 41.8 Å². The summed E-state index contributed by atoms with van der Waals surface area (Å²) in [6.07, 6.45) is 3.50. The van der Waals surface area contributed by atoms with Crippen LogP contribution in [0.1, 0.15) is 62.5 Å². The number of nitrogens with one attached hydrogen (secondary N) is 2. The number of alkyl carbamates (subject to hydrolysis) is 1. The largest absolute Gasteiger partial charge is 0.481 e. The Bertz CT molecular complexity index is 1000. The van der Waals surface area contributed by atoms with Crippen LogP contribution in [0.5, 0.6) is 0 Å². The third-order valence-corrected chi connectivity index (χ3v) is 6.91. The van der Waals surface area contributed by atoms with Gasteiger partial charge in [-0.25, -0.2) is 4.79 Å². The molecule has 2 aromatic rings. The zero-order valence-electron chi connectivity index (χ0n) is 19.5. The van der Waals surface area contributed by atoms with Crippen molar-refractivity contribution in [3.63, 3.8) is 0 Å². The van der Waals surface area contributed by atoms with Crippen LogP contribution in [0.25, 0.3) is 11.1 Å². The Morgan fingerprint density at radius 3 is 2.12 bits per heavy atom. The zero-order chi connectivity index (χ0) is 24.1. The number of aliphatic carboxylic acids is 1. The van der Waals surface area contributed by atoms with Gasteiger partial charge in [0.25, 0.3) is 0 Å². The molecule has 0 aliphatic heterocycles. The monoisotopic (exact) mass is 464 g/mol. The van der Waals surface area contributed by atoms with Crippen molar-refractivity contribution in [1.29, 1.82) is 0 Å². The molecule has 7 heteroatoms. The third-order valence-electron chi connectivity index (χ3n) is 6.91. The summed E-state index contributed by atoms with van der Waals surface area (Å²) in [4.78, 5) is 36.2. The number of amides is 2. The molecule has 1 unspecified atom stereocenters. The van der Waals surface area contributed by atoms with Crippen molar-refractivity contribution in [2.45, 2.75) is 63.5 Å². The molecule has 2 atom stereocenters. The van der Waals surface area contributed by atoms with Crippen molar-refractivity contribution in [3.05, 3.63) is 59.7 Å². The van der Waals surface area contributed by atoms with Crippen molar-refractivity contribution >= 4 is 18.0 Å². The van der Waals surface area contributed by atoms with Gasteiger partial charge < -0.3 is 20.5 Å². The van der Waals surface area contributed by atoms with E-state index < -0.39 is 18.1 Å². The molecule has 3 N–H and O–H groups in total. The number of benzene rings is 2. The molecule has 7 nitrogen and oxygen atoms in total. The molecule has 2 aliphatic carbocycles. The second-order valence-corrected chi connectivity index (χ2v) is 9.39. The van der Waals surface area contributed by atoms with E-state index in [0.717, 1.165) is 36.8 Å². The molecule has 0 bridgehead atoms. The fourth-order valence-electron chi connectivity index (χ4n) is 5.33. The normalized spacial score (nSPS) is 16.9. The zero-order valence-corrected chi connectivity index (χ0v) is 19.5. The SMILES string of the molecule is C[C@H](CC(=O)O)NC(=O)CC(NC(=O)OCC1c2ccccc2-c2ccccc21)C1CCCC1. The van der Waals surface area contributed by atoms with Crippen molar-refractivity contribution in [2.24, 2.45) is 5.92 Å². The Hall–Kier alpha value is -3.35. The van der Waals surface area contributed by atoms with Crippen LogP contribution >= 0.6 is 0 Å². The lowest BCUT2D eigenvalue weighted by atomic mass is 9.95. The first-order chi connectivity index (χ1) is 16.4. The van der Waals surface area contributed by atoms with E-state index in [1.54, 1.807) is 6.92 Å². The number of carbonyl (C=O) groups excluding carboxylic acids is 2. The van der Waals surface area contributed by atoms with E-state index in [2.05, 4.69) is 34.9 Å². The highest BCUT2D eigenvalue weighted by Crippen LogP contribution is 2.44. The fourth-order valence-corrected chi connectivity index (χ4v) is 5.33. The first kappa shape index (κ1) is 23.8. The molecule has 0 saturated heterocycles. The van der Waals surface area contributed by atoms with Gasteiger partial charge in [0.1, 0.15) is 6.61 Å².